The number of ether oxygens (including phenoxy) is 3. The lowest BCUT2D eigenvalue weighted by Gasteiger charge is -2.41. The van der Waals surface area contributed by atoms with E-state index in [0.717, 1.165) is 64.0 Å². The number of carbonyl (C=O) groups is 1. The summed E-state index contributed by atoms with van der Waals surface area (Å²) in [5.74, 6) is 1.68. The standard InChI is InChI=1S/C28H38N2O4/c1-3-33-25-14-6-4-11-22(25)21-29-17-9-8-13-24-27(32-2)16-10-18-30(24)28(31)23-12-5-7-15-26(23)34-20-19-29/h4-7,11-12,14-15,24,27H,3,8-10,13,16-21H2,1-2H3/t24-,27-/m0/s1. The maximum absolute atomic E-state index is 13.6. The molecule has 6 nitrogen and oxygen atoms in total. The van der Waals surface area contributed by atoms with E-state index in [-0.39, 0.29) is 18.1 Å². The van der Waals surface area contributed by atoms with E-state index in [1.165, 1.54) is 5.56 Å². The van der Waals surface area contributed by atoms with E-state index in [1.54, 1.807) is 7.11 Å². The van der Waals surface area contributed by atoms with Crippen LogP contribution in [0.2, 0.25) is 0 Å². The van der Waals surface area contributed by atoms with Gasteiger partial charge in [0, 0.05) is 32.3 Å². The largest absolute Gasteiger partial charge is 0.494 e. The number of carbonyl (C=O) groups excluding carboxylic acids is 1. The second kappa shape index (κ2) is 12.2. The van der Waals surface area contributed by atoms with Gasteiger partial charge >= 0.3 is 0 Å². The second-order valence-electron chi connectivity index (χ2n) is 9.14. The highest BCUT2D eigenvalue weighted by molar-refractivity contribution is 5.97. The van der Waals surface area contributed by atoms with Crippen LogP contribution in [-0.2, 0) is 11.3 Å². The van der Waals surface area contributed by atoms with Gasteiger partial charge in [0.05, 0.1) is 24.3 Å². The van der Waals surface area contributed by atoms with Gasteiger partial charge in [-0.15, -0.1) is 0 Å². The number of benzene rings is 2. The van der Waals surface area contributed by atoms with Gasteiger partial charge in [0.15, 0.2) is 0 Å². The van der Waals surface area contributed by atoms with E-state index in [1.807, 2.05) is 48.2 Å². The van der Waals surface area contributed by atoms with Crippen molar-refractivity contribution in [2.45, 2.75) is 57.7 Å². The number of hydrogen-bond donors (Lipinski definition) is 0. The van der Waals surface area contributed by atoms with E-state index in [4.69, 9.17) is 14.2 Å². The average Bonchev–Trinajstić information content (AvgIpc) is 2.88. The summed E-state index contributed by atoms with van der Waals surface area (Å²) < 4.78 is 17.9. The topological polar surface area (TPSA) is 51.2 Å². The van der Waals surface area contributed by atoms with Gasteiger partial charge in [-0.1, -0.05) is 36.8 Å². The van der Waals surface area contributed by atoms with Gasteiger partial charge in [0.2, 0.25) is 0 Å². The summed E-state index contributed by atoms with van der Waals surface area (Å²) in [6.07, 6.45) is 5.14. The Morgan fingerprint density at radius 3 is 2.65 bits per heavy atom. The molecule has 2 atom stereocenters. The van der Waals surface area contributed by atoms with Crippen molar-refractivity contribution < 1.29 is 19.0 Å². The number of hydrogen-bond acceptors (Lipinski definition) is 5. The molecule has 2 aromatic carbocycles. The van der Waals surface area contributed by atoms with Crippen LogP contribution in [0, 0.1) is 0 Å². The van der Waals surface area contributed by atoms with E-state index in [9.17, 15) is 4.79 Å². The van der Waals surface area contributed by atoms with Crippen LogP contribution < -0.4 is 9.47 Å². The molecule has 2 aromatic rings. The Hall–Kier alpha value is -2.57. The van der Waals surface area contributed by atoms with Crippen LogP contribution in [0.5, 0.6) is 11.5 Å². The lowest BCUT2D eigenvalue weighted by molar-refractivity contribution is -0.0155. The Labute approximate surface area is 203 Å². The summed E-state index contributed by atoms with van der Waals surface area (Å²) in [5, 5.41) is 0. The molecule has 0 spiro atoms. The first-order valence-corrected chi connectivity index (χ1v) is 12.7. The first-order valence-electron chi connectivity index (χ1n) is 12.7. The molecule has 2 aliphatic heterocycles. The SMILES string of the molecule is CCOc1ccccc1CN1CCCC[C@H]2[C@@H](OC)CCCN2C(=O)c2ccccc2OCC1. The van der Waals surface area contributed by atoms with Crippen molar-refractivity contribution in [3.8, 4) is 11.5 Å². The van der Waals surface area contributed by atoms with Gasteiger partial charge in [-0.2, -0.15) is 0 Å². The number of methoxy groups -OCH3 is 1. The van der Waals surface area contributed by atoms with E-state index >= 15 is 0 Å². The molecule has 0 aromatic heterocycles. The van der Waals surface area contributed by atoms with E-state index in [2.05, 4.69) is 17.0 Å². The molecule has 2 aliphatic rings. The van der Waals surface area contributed by atoms with Crippen LogP contribution in [0.4, 0.5) is 0 Å². The zero-order chi connectivity index (χ0) is 23.8. The molecule has 34 heavy (non-hydrogen) atoms. The molecule has 0 N–H and O–H groups in total. The van der Waals surface area contributed by atoms with Crippen molar-refractivity contribution in [2.24, 2.45) is 0 Å². The Balaban J connectivity index is 1.55. The molecule has 0 radical (unpaired) electrons. The predicted molar refractivity (Wildman–Crippen MR) is 134 cm³/mol. The van der Waals surface area contributed by atoms with Crippen LogP contribution in [0.25, 0.3) is 0 Å². The second-order valence-corrected chi connectivity index (χ2v) is 9.14. The number of para-hydroxylation sites is 2. The first-order chi connectivity index (χ1) is 16.7. The average molecular weight is 467 g/mol. The van der Waals surface area contributed by atoms with Crippen molar-refractivity contribution in [3.05, 3.63) is 59.7 Å². The third kappa shape index (κ3) is 5.91. The number of nitrogens with zero attached hydrogens (tertiary/aromatic N) is 2. The lowest BCUT2D eigenvalue weighted by Crippen LogP contribution is -2.51. The number of piperidine rings is 1. The molecule has 1 amide bonds. The Morgan fingerprint density at radius 2 is 1.79 bits per heavy atom. The normalized spacial score (nSPS) is 22.4. The van der Waals surface area contributed by atoms with Crippen LogP contribution in [0.15, 0.2) is 48.5 Å². The highest BCUT2D eigenvalue weighted by Gasteiger charge is 2.35. The van der Waals surface area contributed by atoms with Crippen LogP contribution in [-0.4, -0.2) is 67.8 Å². The van der Waals surface area contributed by atoms with Crippen molar-refractivity contribution in [1.29, 1.82) is 0 Å². The molecule has 184 valence electrons. The van der Waals surface area contributed by atoms with Crippen molar-refractivity contribution >= 4 is 5.91 Å². The zero-order valence-corrected chi connectivity index (χ0v) is 20.6. The van der Waals surface area contributed by atoms with Gasteiger partial charge in [0.25, 0.3) is 5.91 Å². The fourth-order valence-electron chi connectivity index (χ4n) is 5.23. The molecule has 2 heterocycles. The summed E-state index contributed by atoms with van der Waals surface area (Å²) in [6, 6.07) is 16.0. The first kappa shape index (κ1) is 24.6. The van der Waals surface area contributed by atoms with Crippen LogP contribution in [0.1, 0.15) is 54.9 Å². The summed E-state index contributed by atoms with van der Waals surface area (Å²) in [6.45, 7) is 6.56. The zero-order valence-electron chi connectivity index (χ0n) is 20.6. The minimum absolute atomic E-state index is 0.0593. The molecule has 0 bridgehead atoms. The highest BCUT2D eigenvalue weighted by Crippen LogP contribution is 2.29. The molecule has 1 fully saturated rings. The third-order valence-electron chi connectivity index (χ3n) is 6.95. The maximum atomic E-state index is 13.6. The van der Waals surface area contributed by atoms with Gasteiger partial charge < -0.3 is 19.1 Å². The van der Waals surface area contributed by atoms with Crippen LogP contribution >= 0.6 is 0 Å². The molecule has 6 heteroatoms. The molecular formula is C28H38N2O4. The maximum Gasteiger partial charge on any atom is 0.257 e. The number of amides is 1. The number of fused-ring (bicyclic) bond motifs is 2. The minimum Gasteiger partial charge on any atom is -0.494 e. The lowest BCUT2D eigenvalue weighted by atomic mass is 9.93. The van der Waals surface area contributed by atoms with E-state index < -0.39 is 0 Å². The third-order valence-corrected chi connectivity index (χ3v) is 6.95. The Bertz CT molecular complexity index is 934. The van der Waals surface area contributed by atoms with E-state index in [0.29, 0.717) is 24.5 Å². The number of rotatable bonds is 5. The van der Waals surface area contributed by atoms with Gasteiger partial charge in [-0.05, 0) is 57.4 Å². The van der Waals surface area contributed by atoms with Crippen molar-refractivity contribution in [3.63, 3.8) is 0 Å². The van der Waals surface area contributed by atoms with Gasteiger partial charge in [-0.25, -0.2) is 0 Å². The molecule has 1 saturated heterocycles. The Morgan fingerprint density at radius 1 is 0.971 bits per heavy atom. The summed E-state index contributed by atoms with van der Waals surface area (Å²) in [7, 11) is 1.77. The van der Waals surface area contributed by atoms with Crippen molar-refractivity contribution in [2.75, 3.05) is 40.0 Å². The fourth-order valence-corrected chi connectivity index (χ4v) is 5.23. The summed E-state index contributed by atoms with van der Waals surface area (Å²) in [4.78, 5) is 18.1. The monoisotopic (exact) mass is 466 g/mol. The quantitative estimate of drug-likeness (QED) is 0.635. The molecule has 0 unspecified atom stereocenters. The minimum atomic E-state index is 0.0593. The molecule has 0 aliphatic carbocycles. The smallest absolute Gasteiger partial charge is 0.257 e. The molecular weight excluding hydrogens is 428 g/mol. The Kier molecular flexibility index (Phi) is 8.83. The predicted octanol–water partition coefficient (Wildman–Crippen LogP) is 4.77. The van der Waals surface area contributed by atoms with Crippen molar-refractivity contribution in [1.82, 2.24) is 9.80 Å². The van der Waals surface area contributed by atoms with Gasteiger partial charge in [0.1, 0.15) is 18.1 Å². The summed E-state index contributed by atoms with van der Waals surface area (Å²) >= 11 is 0. The summed E-state index contributed by atoms with van der Waals surface area (Å²) in [5.41, 5.74) is 1.85. The fraction of sp³-hybridized carbons (Fsp3) is 0.536. The highest BCUT2D eigenvalue weighted by atomic mass is 16.5. The van der Waals surface area contributed by atoms with Gasteiger partial charge in [-0.3, -0.25) is 9.69 Å². The van der Waals surface area contributed by atoms with Crippen LogP contribution in [0.3, 0.4) is 0 Å². The molecule has 0 saturated carbocycles. The molecule has 4 rings (SSSR count).